The lowest BCUT2D eigenvalue weighted by Gasteiger charge is -2.53. The molecule has 4 aliphatic rings. The SMILES string of the molecule is CCCC(=O)O[C@@H]1[C@@H]2[C@@H](OC(C)=O)[C@@]34CO[C@](C)([C@@H](OC(=O)c5ccccc5)[C@@]2(OC(C)=O)C[C@@]1(C)OC(=O)c1ccccc1)[C@@H]3[C@@H](C(C)(C)OC(C)=O)C=C[C@H]4OC(C)=O. The van der Waals surface area contributed by atoms with Crippen molar-refractivity contribution in [3.8, 4) is 0 Å². The van der Waals surface area contributed by atoms with Gasteiger partial charge in [0.25, 0.3) is 0 Å². The van der Waals surface area contributed by atoms with E-state index in [0.717, 1.165) is 13.8 Å². The second-order valence-corrected chi connectivity index (χ2v) is 17.4. The highest BCUT2D eigenvalue weighted by molar-refractivity contribution is 5.90. The van der Waals surface area contributed by atoms with Gasteiger partial charge in [0.1, 0.15) is 23.4 Å². The molecule has 11 atom stereocenters. The quantitative estimate of drug-likeness (QED) is 0.144. The van der Waals surface area contributed by atoms with Gasteiger partial charge in [0.05, 0.1) is 29.1 Å². The highest BCUT2D eigenvalue weighted by Crippen LogP contribution is 2.70. The average molecular weight is 847 g/mol. The molecule has 1 heterocycles. The number of carbonyl (C=O) groups excluding carboxylic acids is 7. The van der Waals surface area contributed by atoms with E-state index in [4.69, 9.17) is 37.9 Å². The number of hydrogen-bond acceptors (Lipinski definition) is 15. The summed E-state index contributed by atoms with van der Waals surface area (Å²) in [6.45, 7) is 12.7. The van der Waals surface area contributed by atoms with Gasteiger partial charge in [-0.15, -0.1) is 0 Å². The first-order valence-electron chi connectivity index (χ1n) is 20.4. The number of esters is 7. The summed E-state index contributed by atoms with van der Waals surface area (Å²) >= 11 is 0. The summed E-state index contributed by atoms with van der Waals surface area (Å²) < 4.78 is 51.4. The molecule has 2 aromatic rings. The minimum atomic E-state index is -2.20. The fourth-order valence-electron chi connectivity index (χ4n) is 10.7. The molecular formula is C46H54O15. The molecule has 1 saturated heterocycles. The Balaban J connectivity index is 1.74. The molecule has 0 N–H and O–H groups in total. The van der Waals surface area contributed by atoms with Crippen LogP contribution in [0.2, 0.25) is 0 Å². The molecular weight excluding hydrogens is 792 g/mol. The van der Waals surface area contributed by atoms with E-state index in [9.17, 15) is 33.6 Å². The van der Waals surface area contributed by atoms with E-state index >= 15 is 0 Å². The Kier molecular flexibility index (Phi) is 12.3. The Morgan fingerprint density at radius 3 is 1.84 bits per heavy atom. The summed E-state index contributed by atoms with van der Waals surface area (Å²) in [4.78, 5) is 95.9. The lowest BCUT2D eigenvalue weighted by molar-refractivity contribution is -0.239. The summed E-state index contributed by atoms with van der Waals surface area (Å²) in [6, 6.07) is 16.1. The molecule has 0 unspecified atom stereocenters. The smallest absolute Gasteiger partial charge is 0.338 e. The molecule has 2 bridgehead atoms. The number of fused-ring (bicyclic) bond motifs is 1. The fourth-order valence-corrected chi connectivity index (χ4v) is 10.7. The first-order chi connectivity index (χ1) is 28.6. The normalized spacial score (nSPS) is 33.4. The largest absolute Gasteiger partial charge is 0.461 e. The number of ether oxygens (including phenoxy) is 8. The minimum absolute atomic E-state index is 0.0802. The monoisotopic (exact) mass is 846 g/mol. The van der Waals surface area contributed by atoms with Crippen molar-refractivity contribution in [3.63, 3.8) is 0 Å². The van der Waals surface area contributed by atoms with Gasteiger partial charge in [-0.25, -0.2) is 9.59 Å². The zero-order chi connectivity index (χ0) is 44.7. The van der Waals surface area contributed by atoms with Gasteiger partial charge in [-0.3, -0.25) is 24.0 Å². The number of benzene rings is 2. The van der Waals surface area contributed by atoms with Gasteiger partial charge >= 0.3 is 41.8 Å². The van der Waals surface area contributed by atoms with Crippen LogP contribution in [0.5, 0.6) is 0 Å². The second kappa shape index (κ2) is 16.7. The summed E-state index contributed by atoms with van der Waals surface area (Å²) in [6.07, 6.45) is -2.98. The van der Waals surface area contributed by atoms with Crippen molar-refractivity contribution >= 4 is 41.8 Å². The summed E-state index contributed by atoms with van der Waals surface area (Å²) in [7, 11) is 0. The van der Waals surface area contributed by atoms with Crippen LogP contribution in [0.25, 0.3) is 0 Å². The average Bonchev–Trinajstić information content (AvgIpc) is 3.59. The van der Waals surface area contributed by atoms with Crippen molar-refractivity contribution in [2.75, 3.05) is 6.61 Å². The van der Waals surface area contributed by atoms with E-state index in [1.165, 1.54) is 45.0 Å². The van der Waals surface area contributed by atoms with Crippen LogP contribution < -0.4 is 0 Å². The molecule has 15 heteroatoms. The van der Waals surface area contributed by atoms with Gasteiger partial charge in [0, 0.05) is 52.4 Å². The molecule has 0 radical (unpaired) electrons. The molecule has 1 aliphatic heterocycles. The summed E-state index contributed by atoms with van der Waals surface area (Å²) in [5, 5.41) is 0. The van der Waals surface area contributed by atoms with E-state index in [0.29, 0.717) is 6.42 Å². The van der Waals surface area contributed by atoms with E-state index in [1.807, 2.05) is 0 Å². The van der Waals surface area contributed by atoms with Gasteiger partial charge in [0.2, 0.25) is 0 Å². The Bertz CT molecular complexity index is 2080. The Labute approximate surface area is 354 Å². The Morgan fingerprint density at radius 1 is 0.705 bits per heavy atom. The van der Waals surface area contributed by atoms with Crippen molar-refractivity contribution in [3.05, 3.63) is 83.9 Å². The molecule has 0 spiro atoms. The van der Waals surface area contributed by atoms with Crippen molar-refractivity contribution in [2.45, 2.75) is 128 Å². The first kappa shape index (κ1) is 45.0. The van der Waals surface area contributed by atoms with E-state index in [1.54, 1.807) is 76.2 Å². The molecule has 2 aromatic carbocycles. The van der Waals surface area contributed by atoms with Gasteiger partial charge in [-0.05, 0) is 64.5 Å². The lowest BCUT2D eigenvalue weighted by Crippen LogP contribution is -2.64. The van der Waals surface area contributed by atoms with Crippen molar-refractivity contribution < 1.29 is 71.5 Å². The van der Waals surface area contributed by atoms with Crippen LogP contribution in [0.1, 0.15) is 102 Å². The molecule has 0 amide bonds. The highest BCUT2D eigenvalue weighted by atomic mass is 16.6. The molecule has 2 saturated carbocycles. The molecule has 61 heavy (non-hydrogen) atoms. The van der Waals surface area contributed by atoms with Crippen molar-refractivity contribution in [2.24, 2.45) is 23.2 Å². The molecule has 15 nitrogen and oxygen atoms in total. The van der Waals surface area contributed by atoms with Crippen molar-refractivity contribution in [1.82, 2.24) is 0 Å². The first-order valence-corrected chi connectivity index (χ1v) is 20.4. The fraction of sp³-hybridized carbons (Fsp3) is 0.543. The van der Waals surface area contributed by atoms with Crippen LogP contribution in [0.15, 0.2) is 72.8 Å². The lowest BCUT2D eigenvalue weighted by atomic mass is 9.53. The summed E-state index contributed by atoms with van der Waals surface area (Å²) in [5.74, 6) is -8.86. The number of hydrogen-bond donors (Lipinski definition) is 0. The standard InChI is InChI=1S/C46H54O15/c1-10-17-34(51)57-37-35-38(56-27(3)48)45-25-54-44(9,36(45)32(42(6,7)59-28(4)49)22-23-33(45)55-26(2)47)41(58-39(52)30-18-13-11-14-19-30)46(35,60-29(5)50)24-43(37,8)61-40(53)31-20-15-12-16-21-31/h11-16,18-23,32-33,35-38,41H,10,17,24-25H2,1-9H3/t32-,33+,35+,36-,37+,38+,41+,43+,44-,45+,46+/m0/s1. The van der Waals surface area contributed by atoms with Gasteiger partial charge in [-0.2, -0.15) is 0 Å². The predicted octanol–water partition coefficient (Wildman–Crippen LogP) is 5.66. The third-order valence-electron chi connectivity index (χ3n) is 12.6. The van der Waals surface area contributed by atoms with Crippen LogP contribution in [0, 0.1) is 23.2 Å². The van der Waals surface area contributed by atoms with Crippen LogP contribution in [0.4, 0.5) is 0 Å². The molecule has 328 valence electrons. The molecule has 3 aliphatic carbocycles. The molecule has 0 aromatic heterocycles. The second-order valence-electron chi connectivity index (χ2n) is 17.4. The molecule has 6 rings (SSSR count). The van der Waals surface area contributed by atoms with Gasteiger partial charge < -0.3 is 37.9 Å². The Morgan fingerprint density at radius 2 is 1.30 bits per heavy atom. The zero-order valence-electron chi connectivity index (χ0n) is 35.9. The highest BCUT2D eigenvalue weighted by Gasteiger charge is 2.85. The maximum absolute atomic E-state index is 14.6. The number of rotatable bonds is 12. The zero-order valence-corrected chi connectivity index (χ0v) is 35.9. The van der Waals surface area contributed by atoms with E-state index in [2.05, 4.69) is 0 Å². The van der Waals surface area contributed by atoms with Crippen molar-refractivity contribution in [1.29, 1.82) is 0 Å². The summed E-state index contributed by atoms with van der Waals surface area (Å²) in [5.41, 5.74) is -8.67. The third-order valence-corrected chi connectivity index (χ3v) is 12.6. The Hall–Kier alpha value is -5.57. The van der Waals surface area contributed by atoms with Crippen LogP contribution in [0.3, 0.4) is 0 Å². The third kappa shape index (κ3) is 8.04. The van der Waals surface area contributed by atoms with E-state index < -0.39 is 118 Å². The van der Waals surface area contributed by atoms with Crippen LogP contribution in [-0.4, -0.2) is 95.2 Å². The van der Waals surface area contributed by atoms with Crippen LogP contribution >= 0.6 is 0 Å². The minimum Gasteiger partial charge on any atom is -0.461 e. The number of carbonyl (C=O) groups is 7. The van der Waals surface area contributed by atoms with E-state index in [-0.39, 0.29) is 24.2 Å². The van der Waals surface area contributed by atoms with Crippen LogP contribution in [-0.2, 0) is 61.9 Å². The maximum atomic E-state index is 14.6. The van der Waals surface area contributed by atoms with Gasteiger partial charge in [0.15, 0.2) is 23.4 Å². The predicted molar refractivity (Wildman–Crippen MR) is 213 cm³/mol. The molecule has 3 fully saturated rings. The van der Waals surface area contributed by atoms with Gasteiger partial charge in [-0.1, -0.05) is 49.4 Å². The topological polar surface area (TPSA) is 193 Å². The maximum Gasteiger partial charge on any atom is 0.338 e.